The van der Waals surface area contributed by atoms with Crippen LogP contribution >= 0.6 is 0 Å². The van der Waals surface area contributed by atoms with Crippen molar-refractivity contribution in [2.24, 2.45) is 33.7 Å². The van der Waals surface area contributed by atoms with Crippen LogP contribution in [0.2, 0.25) is 0 Å². The Morgan fingerprint density at radius 2 is 1.95 bits per heavy atom. The molecule has 5 rings (SSSR count). The zero-order chi connectivity index (χ0) is 26.6. The van der Waals surface area contributed by atoms with Gasteiger partial charge in [0.15, 0.2) is 6.61 Å². The zero-order valence-corrected chi connectivity index (χ0v) is 22.2. The third kappa shape index (κ3) is 4.10. The van der Waals surface area contributed by atoms with Gasteiger partial charge in [0, 0.05) is 18.4 Å². The molecule has 8 nitrogen and oxygen atoms in total. The predicted molar refractivity (Wildman–Crippen MR) is 137 cm³/mol. The number of terminal acetylenes is 1. The second kappa shape index (κ2) is 9.43. The van der Waals surface area contributed by atoms with Crippen LogP contribution in [0.5, 0.6) is 0 Å². The number of aliphatic hydroxyl groups is 2. The van der Waals surface area contributed by atoms with Crippen molar-refractivity contribution < 1.29 is 29.4 Å². The first-order valence-corrected chi connectivity index (χ1v) is 13.7. The second-order valence-electron chi connectivity index (χ2n) is 12.3. The largest absolute Gasteiger partial charge is 0.467 e. The molecule has 0 aromatic heterocycles. The summed E-state index contributed by atoms with van der Waals surface area (Å²) in [6, 6.07) is -0.787. The maximum Gasteiger partial charge on any atom is 0.328 e. The lowest BCUT2D eigenvalue weighted by Gasteiger charge is -2.58. The molecule has 0 radical (unpaired) electrons. The van der Waals surface area contributed by atoms with Gasteiger partial charge in [-0.15, -0.1) is 6.42 Å². The molecule has 0 aromatic rings. The third-order valence-electron chi connectivity index (χ3n) is 10.8. The molecule has 4 aliphatic carbocycles. The Kier molecular flexibility index (Phi) is 6.69. The van der Waals surface area contributed by atoms with Crippen LogP contribution in [-0.2, 0) is 19.2 Å². The minimum atomic E-state index is -0.981. The lowest BCUT2D eigenvalue weighted by atomic mass is 9.46. The number of oxime groups is 1. The van der Waals surface area contributed by atoms with Crippen LogP contribution in [0.3, 0.4) is 0 Å². The summed E-state index contributed by atoms with van der Waals surface area (Å²) in [7, 11) is 1.27. The number of hydrogen-bond donors (Lipinski definition) is 2. The molecule has 0 aromatic carbocycles. The third-order valence-corrected chi connectivity index (χ3v) is 10.8. The maximum atomic E-state index is 12.7. The number of methoxy groups -OCH3 is 1. The molecule has 202 valence electrons. The topological polar surface area (TPSA) is 109 Å². The normalized spacial score (nSPS) is 43.8. The first-order valence-electron chi connectivity index (χ1n) is 13.7. The van der Waals surface area contributed by atoms with Gasteiger partial charge in [0.1, 0.15) is 11.6 Å². The van der Waals surface area contributed by atoms with Crippen molar-refractivity contribution in [3.8, 4) is 12.3 Å². The number of β-amino-alcohol motifs (C(OH)–C–C–N with tert-alkyl or cyclic N) is 1. The Hall–Kier alpha value is -2.37. The zero-order valence-electron chi connectivity index (χ0n) is 22.2. The summed E-state index contributed by atoms with van der Waals surface area (Å²) >= 11 is 0. The lowest BCUT2D eigenvalue weighted by molar-refractivity contribution is -0.152. The molecule has 1 aliphatic heterocycles. The van der Waals surface area contributed by atoms with E-state index in [4.69, 9.17) is 16.0 Å². The van der Waals surface area contributed by atoms with Crippen molar-refractivity contribution in [2.75, 3.05) is 20.3 Å². The number of esters is 1. The molecule has 0 bridgehead atoms. The first kappa shape index (κ1) is 26.2. The quantitative estimate of drug-likeness (QED) is 0.341. The van der Waals surface area contributed by atoms with E-state index in [9.17, 15) is 19.8 Å². The van der Waals surface area contributed by atoms with Crippen LogP contribution < -0.4 is 0 Å². The lowest BCUT2D eigenvalue weighted by Crippen LogP contribution is -2.54. The molecule has 37 heavy (non-hydrogen) atoms. The van der Waals surface area contributed by atoms with Crippen LogP contribution in [0, 0.1) is 40.9 Å². The summed E-state index contributed by atoms with van der Waals surface area (Å²) in [5, 5.41) is 25.4. The standard InChI is InChI=1S/C29H40N2O6/c1-5-29(35)13-10-23-21-7-6-18-14-19(8-11-27(18,2)22(21)9-12-28(23,29)3)30-37-17-25(33)31-16-20(32)15-24(31)26(34)36-4/h1,14,20-24,32,35H,6-13,15-17H2,2-4H3/b30-19+/t20-,21-,22+,23+,24+,27+,28+,29-/m1/s1. The minimum Gasteiger partial charge on any atom is -0.467 e. The van der Waals surface area contributed by atoms with Gasteiger partial charge in [-0.05, 0) is 80.6 Å². The van der Waals surface area contributed by atoms with E-state index in [2.05, 4.69) is 31.0 Å². The number of hydrogen-bond acceptors (Lipinski definition) is 7. The summed E-state index contributed by atoms with van der Waals surface area (Å²) in [6.07, 6.45) is 15.0. The molecule has 3 saturated carbocycles. The first-order chi connectivity index (χ1) is 17.6. The molecule has 0 spiro atoms. The molecule has 2 N–H and O–H groups in total. The second-order valence-corrected chi connectivity index (χ2v) is 12.3. The number of allylic oxidation sites excluding steroid dienone is 2. The Labute approximate surface area is 219 Å². The Morgan fingerprint density at radius 1 is 1.19 bits per heavy atom. The summed E-state index contributed by atoms with van der Waals surface area (Å²) in [6.45, 7) is 4.41. The predicted octanol–water partition coefficient (Wildman–Crippen LogP) is 2.82. The SMILES string of the molecule is C#C[C@@]1(O)CC[C@H]2[C@@H]3CCC4=C/C(=N/OCC(=O)N5C[C@H](O)C[C@H]5C(=O)OC)CC[C@]4(C)[C@H]3CC[C@@]21C. The van der Waals surface area contributed by atoms with Crippen molar-refractivity contribution in [2.45, 2.75) is 89.4 Å². The van der Waals surface area contributed by atoms with Crippen LogP contribution in [-0.4, -0.2) is 70.7 Å². The summed E-state index contributed by atoms with van der Waals surface area (Å²) in [5.74, 6) is 3.45. The van der Waals surface area contributed by atoms with Gasteiger partial charge >= 0.3 is 5.97 Å². The van der Waals surface area contributed by atoms with Gasteiger partial charge in [0.25, 0.3) is 5.91 Å². The van der Waals surface area contributed by atoms with Crippen LogP contribution in [0.25, 0.3) is 0 Å². The van der Waals surface area contributed by atoms with Crippen LogP contribution in [0.4, 0.5) is 0 Å². The Morgan fingerprint density at radius 3 is 2.68 bits per heavy atom. The highest BCUT2D eigenvalue weighted by Gasteiger charge is 2.63. The molecule has 0 unspecified atom stereocenters. The van der Waals surface area contributed by atoms with Crippen molar-refractivity contribution >= 4 is 17.6 Å². The Balaban J connectivity index is 1.24. The number of ether oxygens (including phenoxy) is 1. The molecule has 8 atom stereocenters. The van der Waals surface area contributed by atoms with Gasteiger partial charge < -0.3 is 24.7 Å². The molecular formula is C29H40N2O6. The number of aliphatic hydroxyl groups excluding tert-OH is 1. The van der Waals surface area contributed by atoms with E-state index >= 15 is 0 Å². The monoisotopic (exact) mass is 512 g/mol. The molecule has 8 heteroatoms. The Bertz CT molecular complexity index is 1060. The van der Waals surface area contributed by atoms with E-state index in [0.717, 1.165) is 50.7 Å². The number of amides is 1. The van der Waals surface area contributed by atoms with E-state index < -0.39 is 23.7 Å². The van der Waals surface area contributed by atoms with Gasteiger partial charge in [-0.1, -0.05) is 30.5 Å². The summed E-state index contributed by atoms with van der Waals surface area (Å²) < 4.78 is 4.76. The number of likely N-dealkylation sites (tertiary alicyclic amines) is 1. The molecule has 1 amide bonds. The van der Waals surface area contributed by atoms with E-state index in [1.807, 2.05) is 0 Å². The van der Waals surface area contributed by atoms with E-state index in [-0.39, 0.29) is 36.3 Å². The number of carbonyl (C=O) groups is 2. The summed E-state index contributed by atoms with van der Waals surface area (Å²) in [5.41, 5.74) is 1.18. The number of carbonyl (C=O) groups excluding carboxylic acids is 2. The minimum absolute atomic E-state index is 0.0856. The van der Waals surface area contributed by atoms with E-state index in [0.29, 0.717) is 24.2 Å². The van der Waals surface area contributed by atoms with Crippen LogP contribution in [0.1, 0.15) is 71.6 Å². The molecular weight excluding hydrogens is 472 g/mol. The number of rotatable bonds is 4. The van der Waals surface area contributed by atoms with Crippen molar-refractivity contribution in [3.63, 3.8) is 0 Å². The van der Waals surface area contributed by atoms with Crippen LogP contribution in [0.15, 0.2) is 16.8 Å². The van der Waals surface area contributed by atoms with Crippen molar-refractivity contribution in [3.05, 3.63) is 11.6 Å². The highest BCUT2D eigenvalue weighted by Crippen LogP contribution is 2.67. The average Bonchev–Trinajstić information content (AvgIpc) is 3.41. The summed E-state index contributed by atoms with van der Waals surface area (Å²) in [4.78, 5) is 31.4. The van der Waals surface area contributed by atoms with Gasteiger partial charge in [-0.2, -0.15) is 0 Å². The number of fused-ring (bicyclic) bond motifs is 5. The smallest absolute Gasteiger partial charge is 0.328 e. The highest BCUT2D eigenvalue weighted by molar-refractivity contribution is 5.96. The highest BCUT2D eigenvalue weighted by atomic mass is 16.6. The molecule has 1 heterocycles. The van der Waals surface area contributed by atoms with Gasteiger partial charge in [0.05, 0.1) is 18.9 Å². The fourth-order valence-electron chi connectivity index (χ4n) is 8.60. The maximum absolute atomic E-state index is 12.7. The number of nitrogens with zero attached hydrogens (tertiary/aromatic N) is 2. The van der Waals surface area contributed by atoms with Gasteiger partial charge in [-0.3, -0.25) is 4.79 Å². The van der Waals surface area contributed by atoms with E-state index in [1.54, 1.807) is 0 Å². The fourth-order valence-corrected chi connectivity index (χ4v) is 8.60. The average molecular weight is 513 g/mol. The molecule has 1 saturated heterocycles. The van der Waals surface area contributed by atoms with Crippen molar-refractivity contribution in [1.82, 2.24) is 4.90 Å². The van der Waals surface area contributed by atoms with Gasteiger partial charge in [0.2, 0.25) is 0 Å². The van der Waals surface area contributed by atoms with Crippen molar-refractivity contribution in [1.29, 1.82) is 0 Å². The molecule has 4 fully saturated rings. The van der Waals surface area contributed by atoms with E-state index in [1.165, 1.54) is 17.6 Å². The molecule has 5 aliphatic rings. The fraction of sp³-hybridized carbons (Fsp3) is 0.759. The van der Waals surface area contributed by atoms with Gasteiger partial charge in [-0.25, -0.2) is 4.79 Å².